The predicted molar refractivity (Wildman–Crippen MR) is 100 cm³/mol. The van der Waals surface area contributed by atoms with Crippen LogP contribution in [0.15, 0.2) is 46.9 Å². The number of nitrogens with zero attached hydrogens (tertiary/aromatic N) is 3. The van der Waals surface area contributed by atoms with E-state index in [-0.39, 0.29) is 11.9 Å². The van der Waals surface area contributed by atoms with Gasteiger partial charge in [-0.1, -0.05) is 23.7 Å². The maximum Gasteiger partial charge on any atom is 0.289 e. The molecule has 0 unspecified atom stereocenters. The summed E-state index contributed by atoms with van der Waals surface area (Å²) in [6.45, 7) is 5.38. The molecule has 1 fully saturated rings. The van der Waals surface area contributed by atoms with Crippen LogP contribution in [-0.4, -0.2) is 33.7 Å². The van der Waals surface area contributed by atoms with E-state index in [1.165, 1.54) is 0 Å². The molecule has 0 aliphatic carbocycles. The lowest BCUT2D eigenvalue weighted by Crippen LogP contribution is -2.29. The number of carbonyl (C=O) groups is 1. The quantitative estimate of drug-likeness (QED) is 0.683. The average Bonchev–Trinajstić information content (AvgIpc) is 3.34. The fraction of sp³-hybridized carbons (Fsp3) is 0.300. The van der Waals surface area contributed by atoms with Crippen LogP contribution < -0.4 is 0 Å². The summed E-state index contributed by atoms with van der Waals surface area (Å²) in [4.78, 5) is 14.6. The topological polar surface area (TPSA) is 51.3 Å². The smallest absolute Gasteiger partial charge is 0.289 e. The van der Waals surface area contributed by atoms with Crippen LogP contribution in [0.4, 0.5) is 0 Å². The minimum Gasteiger partial charge on any atom is -0.451 e. The number of hydrogen-bond donors (Lipinski definition) is 0. The van der Waals surface area contributed by atoms with E-state index in [4.69, 9.17) is 16.0 Å². The van der Waals surface area contributed by atoms with Crippen molar-refractivity contribution in [1.82, 2.24) is 14.7 Å². The summed E-state index contributed by atoms with van der Waals surface area (Å²) < 4.78 is 7.82. The first-order chi connectivity index (χ1) is 12.5. The molecule has 6 heteroatoms. The van der Waals surface area contributed by atoms with Gasteiger partial charge < -0.3 is 9.32 Å². The molecule has 0 N–H and O–H groups in total. The lowest BCUT2D eigenvalue weighted by Gasteiger charge is -2.16. The zero-order chi connectivity index (χ0) is 18.3. The van der Waals surface area contributed by atoms with Crippen molar-refractivity contribution in [3.63, 3.8) is 0 Å². The second-order valence-corrected chi connectivity index (χ2v) is 7.12. The third-order valence-electron chi connectivity index (χ3n) is 4.80. The molecule has 1 amide bonds. The van der Waals surface area contributed by atoms with E-state index in [9.17, 15) is 4.79 Å². The summed E-state index contributed by atoms with van der Waals surface area (Å²) in [5.74, 6) is 0.856. The SMILES string of the molecule is Cc1cc(C)n([C@@H]2CCN(C(=O)c3ccc(-c4ccccc4Cl)o3)C2)n1. The zero-order valence-corrected chi connectivity index (χ0v) is 15.5. The highest BCUT2D eigenvalue weighted by molar-refractivity contribution is 6.33. The molecule has 4 rings (SSSR count). The van der Waals surface area contributed by atoms with E-state index in [0.29, 0.717) is 29.6 Å². The van der Waals surface area contributed by atoms with Gasteiger partial charge in [0.1, 0.15) is 5.76 Å². The molecule has 0 bridgehead atoms. The monoisotopic (exact) mass is 369 g/mol. The van der Waals surface area contributed by atoms with E-state index >= 15 is 0 Å². The molecule has 0 saturated carbocycles. The normalized spacial score (nSPS) is 17.0. The Morgan fingerprint density at radius 3 is 2.77 bits per heavy atom. The van der Waals surface area contributed by atoms with E-state index in [1.54, 1.807) is 18.2 Å². The Morgan fingerprint density at radius 2 is 2.04 bits per heavy atom. The molecule has 134 valence electrons. The molecule has 1 aromatic carbocycles. The molecular weight excluding hydrogens is 350 g/mol. The fourth-order valence-corrected chi connectivity index (χ4v) is 3.78. The van der Waals surface area contributed by atoms with Crippen molar-refractivity contribution in [2.45, 2.75) is 26.3 Å². The van der Waals surface area contributed by atoms with Crippen LogP contribution >= 0.6 is 11.6 Å². The molecule has 1 aliphatic heterocycles. The van der Waals surface area contributed by atoms with Crippen molar-refractivity contribution in [3.8, 4) is 11.3 Å². The summed E-state index contributed by atoms with van der Waals surface area (Å²) in [6.07, 6.45) is 0.895. The largest absolute Gasteiger partial charge is 0.451 e. The van der Waals surface area contributed by atoms with Gasteiger partial charge in [0.25, 0.3) is 5.91 Å². The Labute approximate surface area is 157 Å². The van der Waals surface area contributed by atoms with Gasteiger partial charge in [-0.25, -0.2) is 0 Å². The van der Waals surface area contributed by atoms with Crippen LogP contribution in [0.1, 0.15) is 34.4 Å². The van der Waals surface area contributed by atoms with E-state index < -0.39 is 0 Å². The molecule has 26 heavy (non-hydrogen) atoms. The van der Waals surface area contributed by atoms with Gasteiger partial charge in [0.05, 0.1) is 16.8 Å². The van der Waals surface area contributed by atoms with Crippen molar-refractivity contribution in [3.05, 3.63) is 64.6 Å². The minimum atomic E-state index is -0.0904. The maximum absolute atomic E-state index is 12.8. The number of benzene rings is 1. The second-order valence-electron chi connectivity index (χ2n) is 6.71. The summed E-state index contributed by atoms with van der Waals surface area (Å²) in [5.41, 5.74) is 2.92. The molecule has 1 saturated heterocycles. The summed E-state index contributed by atoms with van der Waals surface area (Å²) in [7, 11) is 0. The first-order valence-electron chi connectivity index (χ1n) is 8.69. The molecule has 0 spiro atoms. The van der Waals surface area contributed by atoms with Crippen molar-refractivity contribution >= 4 is 17.5 Å². The van der Waals surface area contributed by atoms with Gasteiger partial charge in [-0.15, -0.1) is 0 Å². The van der Waals surface area contributed by atoms with Gasteiger partial charge >= 0.3 is 0 Å². The Bertz CT molecular complexity index is 960. The number of likely N-dealkylation sites (tertiary alicyclic amines) is 1. The molecule has 1 aliphatic rings. The van der Waals surface area contributed by atoms with Crippen LogP contribution in [-0.2, 0) is 0 Å². The van der Waals surface area contributed by atoms with Crippen molar-refractivity contribution in [2.24, 2.45) is 0 Å². The van der Waals surface area contributed by atoms with Gasteiger partial charge in [-0.05, 0) is 50.6 Å². The van der Waals surface area contributed by atoms with Crippen LogP contribution in [0.2, 0.25) is 5.02 Å². The predicted octanol–water partition coefficient (Wildman–Crippen LogP) is 4.50. The van der Waals surface area contributed by atoms with Crippen molar-refractivity contribution in [2.75, 3.05) is 13.1 Å². The number of halogens is 1. The number of rotatable bonds is 3. The Hall–Kier alpha value is -2.53. The molecule has 5 nitrogen and oxygen atoms in total. The molecule has 3 aromatic rings. The molecule has 2 aromatic heterocycles. The van der Waals surface area contributed by atoms with Crippen LogP contribution in [0.3, 0.4) is 0 Å². The Balaban J connectivity index is 1.51. The first kappa shape index (κ1) is 16.9. The third-order valence-corrected chi connectivity index (χ3v) is 5.13. The third kappa shape index (κ3) is 3.03. The highest BCUT2D eigenvalue weighted by atomic mass is 35.5. The lowest BCUT2D eigenvalue weighted by molar-refractivity contribution is 0.0756. The lowest BCUT2D eigenvalue weighted by atomic mass is 10.2. The fourth-order valence-electron chi connectivity index (χ4n) is 3.56. The highest BCUT2D eigenvalue weighted by Crippen LogP contribution is 2.30. The first-order valence-corrected chi connectivity index (χ1v) is 9.07. The average molecular weight is 370 g/mol. The number of aryl methyl sites for hydroxylation is 2. The van der Waals surface area contributed by atoms with Gasteiger partial charge in [-0.3, -0.25) is 9.48 Å². The van der Waals surface area contributed by atoms with Crippen molar-refractivity contribution in [1.29, 1.82) is 0 Å². The molecule has 3 heterocycles. The molecule has 0 radical (unpaired) electrons. The van der Waals surface area contributed by atoms with E-state index in [1.807, 2.05) is 41.6 Å². The van der Waals surface area contributed by atoms with Crippen LogP contribution in [0, 0.1) is 13.8 Å². The van der Waals surface area contributed by atoms with Gasteiger partial charge in [0, 0.05) is 24.3 Å². The Kier molecular flexibility index (Phi) is 4.32. The van der Waals surface area contributed by atoms with Crippen molar-refractivity contribution < 1.29 is 9.21 Å². The summed E-state index contributed by atoms with van der Waals surface area (Å²) >= 11 is 6.21. The minimum absolute atomic E-state index is 0.0904. The molecule has 1 atom stereocenters. The van der Waals surface area contributed by atoms with E-state index in [0.717, 1.165) is 23.4 Å². The Morgan fingerprint density at radius 1 is 1.23 bits per heavy atom. The number of furan rings is 1. The summed E-state index contributed by atoms with van der Waals surface area (Å²) in [6, 6.07) is 13.2. The highest BCUT2D eigenvalue weighted by Gasteiger charge is 2.30. The number of aromatic nitrogens is 2. The number of amides is 1. The standard InChI is InChI=1S/C20H20ClN3O2/c1-13-11-14(2)24(22-13)15-9-10-23(12-15)20(25)19-8-7-18(26-19)16-5-3-4-6-17(16)21/h3-8,11,15H,9-10,12H2,1-2H3/t15-/m1/s1. The van der Waals surface area contributed by atoms with Gasteiger partial charge in [0.2, 0.25) is 0 Å². The number of hydrogen-bond acceptors (Lipinski definition) is 3. The van der Waals surface area contributed by atoms with Gasteiger partial charge in [-0.2, -0.15) is 5.10 Å². The van der Waals surface area contributed by atoms with E-state index in [2.05, 4.69) is 11.2 Å². The number of carbonyl (C=O) groups excluding carboxylic acids is 1. The second kappa shape index (κ2) is 6.65. The van der Waals surface area contributed by atoms with Gasteiger partial charge in [0.15, 0.2) is 5.76 Å². The maximum atomic E-state index is 12.8. The summed E-state index contributed by atoms with van der Waals surface area (Å²) in [5, 5.41) is 5.16. The molecular formula is C20H20ClN3O2. The van der Waals surface area contributed by atoms with Crippen LogP contribution in [0.25, 0.3) is 11.3 Å². The zero-order valence-electron chi connectivity index (χ0n) is 14.8. The van der Waals surface area contributed by atoms with Crippen LogP contribution in [0.5, 0.6) is 0 Å².